The van der Waals surface area contributed by atoms with Crippen LogP contribution in [0.3, 0.4) is 0 Å². The van der Waals surface area contributed by atoms with Gasteiger partial charge in [-0.3, -0.25) is 9.48 Å². The van der Waals surface area contributed by atoms with E-state index in [2.05, 4.69) is 10.4 Å². The van der Waals surface area contributed by atoms with E-state index in [1.54, 1.807) is 24.7 Å². The van der Waals surface area contributed by atoms with Crippen LogP contribution in [0.1, 0.15) is 21.7 Å². The van der Waals surface area contributed by atoms with E-state index < -0.39 is 0 Å². The standard InChI is InChI=1S/C15H15ClFN3O2/c1-8-13(16)14(19-20(8)2)15(21)18-11-6-9-5-10(17)3-4-12(9)22-7-11/h3-5,11H,6-7H2,1-2H3,(H,18,21)/t11-/m1/s1. The van der Waals surface area contributed by atoms with Crippen LogP contribution in [0.25, 0.3) is 0 Å². The predicted molar refractivity (Wildman–Crippen MR) is 79.8 cm³/mol. The SMILES string of the molecule is Cc1c(Cl)c(C(=O)N[C@H]2COc3ccc(F)cc3C2)nn1C. The maximum atomic E-state index is 13.3. The number of carbonyl (C=O) groups excluding carboxylic acids is 1. The van der Waals surface area contributed by atoms with Crippen molar-refractivity contribution in [3.63, 3.8) is 0 Å². The molecule has 1 aromatic heterocycles. The number of fused-ring (bicyclic) bond motifs is 1. The van der Waals surface area contributed by atoms with Gasteiger partial charge < -0.3 is 10.1 Å². The average molecular weight is 324 g/mol. The number of amides is 1. The number of nitrogens with one attached hydrogen (secondary N) is 1. The molecule has 0 saturated heterocycles. The molecule has 2 aromatic rings. The van der Waals surface area contributed by atoms with Crippen LogP contribution in [0.5, 0.6) is 5.75 Å². The normalized spacial score (nSPS) is 16.8. The van der Waals surface area contributed by atoms with Crippen LogP contribution >= 0.6 is 11.6 Å². The number of aromatic nitrogens is 2. The molecule has 0 aliphatic carbocycles. The van der Waals surface area contributed by atoms with Crippen molar-refractivity contribution in [2.75, 3.05) is 6.61 Å². The Balaban J connectivity index is 1.74. The van der Waals surface area contributed by atoms with Gasteiger partial charge in [-0.15, -0.1) is 0 Å². The highest BCUT2D eigenvalue weighted by Gasteiger charge is 2.25. The van der Waals surface area contributed by atoms with Gasteiger partial charge >= 0.3 is 0 Å². The number of rotatable bonds is 2. The molecule has 1 N–H and O–H groups in total. The van der Waals surface area contributed by atoms with E-state index in [-0.39, 0.29) is 23.5 Å². The summed E-state index contributed by atoms with van der Waals surface area (Å²) in [6, 6.07) is 4.13. The molecular weight excluding hydrogens is 309 g/mol. The summed E-state index contributed by atoms with van der Waals surface area (Å²) >= 11 is 6.10. The van der Waals surface area contributed by atoms with Crippen molar-refractivity contribution < 1.29 is 13.9 Å². The fraction of sp³-hybridized carbons (Fsp3) is 0.333. The minimum Gasteiger partial charge on any atom is -0.491 e. The van der Waals surface area contributed by atoms with Crippen molar-refractivity contribution >= 4 is 17.5 Å². The van der Waals surface area contributed by atoms with Gasteiger partial charge in [0.15, 0.2) is 5.69 Å². The molecule has 2 heterocycles. The van der Waals surface area contributed by atoms with Crippen molar-refractivity contribution in [3.05, 3.63) is 46.0 Å². The molecule has 3 rings (SSSR count). The lowest BCUT2D eigenvalue weighted by Crippen LogP contribution is -2.43. The second-order valence-corrected chi connectivity index (χ2v) is 5.69. The van der Waals surface area contributed by atoms with Crippen LogP contribution in [0.4, 0.5) is 4.39 Å². The minimum atomic E-state index is -0.359. The first-order valence-corrected chi connectivity index (χ1v) is 7.24. The molecule has 0 radical (unpaired) electrons. The Morgan fingerprint density at radius 1 is 1.55 bits per heavy atom. The summed E-state index contributed by atoms with van der Waals surface area (Å²) < 4.78 is 20.4. The third-order valence-corrected chi connectivity index (χ3v) is 4.19. The zero-order valence-electron chi connectivity index (χ0n) is 12.2. The molecule has 0 fully saturated rings. The largest absolute Gasteiger partial charge is 0.491 e. The first-order chi connectivity index (χ1) is 10.5. The lowest BCUT2D eigenvalue weighted by molar-refractivity contribution is 0.0909. The summed E-state index contributed by atoms with van der Waals surface area (Å²) in [6.07, 6.45) is 0.502. The quantitative estimate of drug-likeness (QED) is 0.922. The second kappa shape index (κ2) is 5.61. The van der Waals surface area contributed by atoms with Gasteiger partial charge in [-0.05, 0) is 37.1 Å². The molecule has 1 aromatic carbocycles. The lowest BCUT2D eigenvalue weighted by Gasteiger charge is -2.25. The molecule has 1 aliphatic heterocycles. The summed E-state index contributed by atoms with van der Waals surface area (Å²) in [5.41, 5.74) is 1.64. The van der Waals surface area contributed by atoms with E-state index in [1.807, 2.05) is 0 Å². The first kappa shape index (κ1) is 14.8. The minimum absolute atomic E-state index is 0.187. The van der Waals surface area contributed by atoms with Crippen LogP contribution in [0, 0.1) is 12.7 Å². The molecule has 22 heavy (non-hydrogen) atoms. The fourth-order valence-corrected chi connectivity index (χ4v) is 2.68. The Hall–Kier alpha value is -2.08. The maximum absolute atomic E-state index is 13.3. The second-order valence-electron chi connectivity index (χ2n) is 5.31. The van der Waals surface area contributed by atoms with E-state index in [1.165, 1.54) is 12.1 Å². The third-order valence-electron chi connectivity index (χ3n) is 3.74. The zero-order valence-corrected chi connectivity index (χ0v) is 12.9. The molecule has 7 heteroatoms. The van der Waals surface area contributed by atoms with Crippen LogP contribution in [-0.4, -0.2) is 28.3 Å². The highest BCUT2D eigenvalue weighted by atomic mass is 35.5. The van der Waals surface area contributed by atoms with Gasteiger partial charge in [0.05, 0.1) is 16.8 Å². The number of nitrogens with zero attached hydrogens (tertiary/aromatic N) is 2. The van der Waals surface area contributed by atoms with Crippen LogP contribution in [0.2, 0.25) is 5.02 Å². The molecule has 5 nitrogen and oxygen atoms in total. The van der Waals surface area contributed by atoms with Crippen molar-refractivity contribution in [1.82, 2.24) is 15.1 Å². The van der Waals surface area contributed by atoms with Crippen molar-refractivity contribution in [2.24, 2.45) is 7.05 Å². The lowest BCUT2D eigenvalue weighted by atomic mass is 10.0. The Labute approximate surface area is 132 Å². The van der Waals surface area contributed by atoms with E-state index in [0.717, 1.165) is 11.3 Å². The van der Waals surface area contributed by atoms with E-state index in [9.17, 15) is 9.18 Å². The van der Waals surface area contributed by atoms with E-state index in [0.29, 0.717) is 23.8 Å². The fourth-order valence-electron chi connectivity index (χ4n) is 2.44. The van der Waals surface area contributed by atoms with Crippen LogP contribution in [-0.2, 0) is 13.5 Å². The topological polar surface area (TPSA) is 56.1 Å². The summed E-state index contributed by atoms with van der Waals surface area (Å²) in [6.45, 7) is 2.11. The van der Waals surface area contributed by atoms with Crippen molar-refractivity contribution in [3.8, 4) is 5.75 Å². The summed E-state index contributed by atoms with van der Waals surface area (Å²) in [5, 5.41) is 7.27. The van der Waals surface area contributed by atoms with Crippen molar-refractivity contribution in [2.45, 2.75) is 19.4 Å². The smallest absolute Gasteiger partial charge is 0.273 e. The summed E-state index contributed by atoms with van der Waals surface area (Å²) in [4.78, 5) is 12.3. The Morgan fingerprint density at radius 3 is 3.00 bits per heavy atom. The van der Waals surface area contributed by atoms with E-state index in [4.69, 9.17) is 16.3 Å². The van der Waals surface area contributed by atoms with Gasteiger partial charge in [-0.2, -0.15) is 5.10 Å². The van der Waals surface area contributed by atoms with Gasteiger partial charge in [0, 0.05) is 7.05 Å². The van der Waals surface area contributed by atoms with Gasteiger partial charge in [-0.25, -0.2) is 4.39 Å². The van der Waals surface area contributed by atoms with Crippen molar-refractivity contribution in [1.29, 1.82) is 0 Å². The number of benzene rings is 1. The Kier molecular flexibility index (Phi) is 3.78. The number of halogens is 2. The van der Waals surface area contributed by atoms with Gasteiger partial charge in [-0.1, -0.05) is 11.6 Å². The molecule has 0 bridgehead atoms. The molecule has 1 atom stereocenters. The molecule has 0 spiro atoms. The summed E-state index contributed by atoms with van der Waals surface area (Å²) in [7, 11) is 1.72. The van der Waals surface area contributed by atoms with Crippen LogP contribution < -0.4 is 10.1 Å². The molecular formula is C15H15ClFN3O2. The first-order valence-electron chi connectivity index (χ1n) is 6.87. The third kappa shape index (κ3) is 2.66. The number of carbonyl (C=O) groups is 1. The Morgan fingerprint density at radius 2 is 2.32 bits per heavy atom. The monoisotopic (exact) mass is 323 g/mol. The predicted octanol–water partition coefficient (Wildman–Crippen LogP) is 2.25. The van der Waals surface area contributed by atoms with E-state index >= 15 is 0 Å². The zero-order chi connectivity index (χ0) is 15.9. The molecule has 0 unspecified atom stereocenters. The van der Waals surface area contributed by atoms with Gasteiger partial charge in [0.25, 0.3) is 5.91 Å². The maximum Gasteiger partial charge on any atom is 0.273 e. The highest BCUT2D eigenvalue weighted by molar-refractivity contribution is 6.34. The number of hydrogen-bond acceptors (Lipinski definition) is 3. The van der Waals surface area contributed by atoms with Crippen LogP contribution in [0.15, 0.2) is 18.2 Å². The number of ether oxygens (including phenoxy) is 1. The number of aryl methyl sites for hydroxylation is 1. The molecule has 1 amide bonds. The number of hydrogen-bond donors (Lipinski definition) is 1. The van der Waals surface area contributed by atoms with Gasteiger partial charge in [0.1, 0.15) is 18.2 Å². The molecule has 0 saturated carbocycles. The highest BCUT2D eigenvalue weighted by Crippen LogP contribution is 2.26. The summed E-state index contributed by atoms with van der Waals surface area (Å²) in [5.74, 6) is -0.0292. The van der Waals surface area contributed by atoms with Gasteiger partial charge in [0.2, 0.25) is 0 Å². The Bertz CT molecular complexity index is 745. The average Bonchev–Trinajstić information content (AvgIpc) is 2.74. The molecule has 1 aliphatic rings. The molecule has 116 valence electrons.